The van der Waals surface area contributed by atoms with Crippen molar-refractivity contribution in [2.45, 2.75) is 76.7 Å². The standard InChI is InChI=1S/C31H37NO4/c1-3-4-10-21(2)26(33)18-17-24-27(34)19-28-30(24)25-15-8-13-23(31(25)36-28)14-9-16-29(35)32-20-22-11-6-5-7-12-22/h5-8,11-13,15,17-18,21,24,26-28,30,33-34H,9-10,14,16,19-20H2,1-2H3,(H,32,35)/t21-,24-,26+,27+,28-,30-/m0/s1. The predicted octanol–water partition coefficient (Wildman–Crippen LogP) is 4.52. The maximum Gasteiger partial charge on any atom is 0.220 e. The van der Waals surface area contributed by atoms with Crippen LogP contribution in [0.2, 0.25) is 0 Å². The summed E-state index contributed by atoms with van der Waals surface area (Å²) in [4.78, 5) is 12.3. The molecule has 0 radical (unpaired) electrons. The summed E-state index contributed by atoms with van der Waals surface area (Å²) in [7, 11) is 0. The monoisotopic (exact) mass is 487 g/mol. The second kappa shape index (κ2) is 12.3. The molecule has 3 N–H and O–H groups in total. The van der Waals surface area contributed by atoms with Gasteiger partial charge in [0, 0.05) is 43.2 Å². The number of hydrogen-bond donors (Lipinski definition) is 3. The average Bonchev–Trinajstić information content (AvgIpc) is 3.40. The zero-order valence-corrected chi connectivity index (χ0v) is 21.2. The molecule has 2 aromatic rings. The van der Waals surface area contributed by atoms with E-state index >= 15 is 0 Å². The number of rotatable bonds is 10. The quantitative estimate of drug-likeness (QED) is 0.340. The molecular weight excluding hydrogens is 450 g/mol. The molecule has 1 saturated carbocycles. The lowest BCUT2D eigenvalue weighted by Crippen LogP contribution is -2.22. The lowest BCUT2D eigenvalue weighted by molar-refractivity contribution is -0.121. The Hall–Kier alpha value is -3.07. The summed E-state index contributed by atoms with van der Waals surface area (Å²) >= 11 is 0. The van der Waals surface area contributed by atoms with Crippen molar-refractivity contribution in [3.8, 4) is 17.6 Å². The van der Waals surface area contributed by atoms with Gasteiger partial charge in [-0.15, -0.1) is 11.8 Å². The van der Waals surface area contributed by atoms with E-state index < -0.39 is 12.2 Å². The highest BCUT2D eigenvalue weighted by Gasteiger charge is 2.48. The first-order valence-corrected chi connectivity index (χ1v) is 13.0. The molecule has 1 aliphatic carbocycles. The van der Waals surface area contributed by atoms with E-state index in [1.165, 1.54) is 0 Å². The summed E-state index contributed by atoms with van der Waals surface area (Å²) in [5, 5.41) is 24.2. The summed E-state index contributed by atoms with van der Waals surface area (Å²) in [6.07, 6.45) is 5.80. The van der Waals surface area contributed by atoms with E-state index in [9.17, 15) is 15.0 Å². The Labute approximate surface area is 214 Å². The number of fused-ring (bicyclic) bond motifs is 3. The average molecular weight is 488 g/mol. The van der Waals surface area contributed by atoms with E-state index in [4.69, 9.17) is 4.74 Å². The molecule has 190 valence electrons. The van der Waals surface area contributed by atoms with Crippen LogP contribution in [-0.4, -0.2) is 34.4 Å². The van der Waals surface area contributed by atoms with Crippen molar-refractivity contribution >= 4 is 5.91 Å². The molecule has 6 atom stereocenters. The Kier molecular flexibility index (Phi) is 8.85. The van der Waals surface area contributed by atoms with Crippen molar-refractivity contribution in [1.82, 2.24) is 5.32 Å². The van der Waals surface area contributed by atoms with Crippen LogP contribution in [0.15, 0.2) is 60.7 Å². The minimum absolute atomic E-state index is 0.0339. The van der Waals surface area contributed by atoms with Gasteiger partial charge >= 0.3 is 0 Å². The molecule has 2 aromatic carbocycles. The SMILES string of the molecule is CC#CC[C@H](C)[C@H](O)C=C[C@@H]1[C@H]2c3cccc(CCCC(=O)NCc4ccccc4)c3O[C@H]2C[C@H]1O. The molecule has 4 rings (SSSR count). The van der Waals surface area contributed by atoms with E-state index in [1.54, 1.807) is 6.92 Å². The third-order valence-electron chi connectivity index (χ3n) is 7.39. The number of amides is 1. The third-order valence-corrected chi connectivity index (χ3v) is 7.39. The van der Waals surface area contributed by atoms with Gasteiger partial charge in [-0.25, -0.2) is 0 Å². The van der Waals surface area contributed by atoms with E-state index in [1.807, 2.05) is 55.5 Å². The molecule has 5 nitrogen and oxygen atoms in total. The number of carbonyl (C=O) groups excluding carboxylic acids is 1. The van der Waals surface area contributed by atoms with E-state index in [2.05, 4.69) is 29.3 Å². The topological polar surface area (TPSA) is 78.8 Å². The van der Waals surface area contributed by atoms with Crippen LogP contribution in [0.3, 0.4) is 0 Å². The lowest BCUT2D eigenvalue weighted by Gasteiger charge is -2.19. The summed E-state index contributed by atoms with van der Waals surface area (Å²) in [5.41, 5.74) is 3.33. The molecule has 0 bridgehead atoms. The van der Waals surface area contributed by atoms with Crippen molar-refractivity contribution in [2.75, 3.05) is 0 Å². The fourth-order valence-corrected chi connectivity index (χ4v) is 5.31. The molecule has 1 heterocycles. The van der Waals surface area contributed by atoms with Crippen molar-refractivity contribution in [1.29, 1.82) is 0 Å². The van der Waals surface area contributed by atoms with Crippen LogP contribution >= 0.6 is 0 Å². The number of benzene rings is 2. The van der Waals surface area contributed by atoms with E-state index in [0.717, 1.165) is 35.3 Å². The first-order valence-electron chi connectivity index (χ1n) is 13.0. The molecule has 1 amide bonds. The number of nitrogens with one attached hydrogen (secondary N) is 1. The van der Waals surface area contributed by atoms with Gasteiger partial charge in [-0.1, -0.05) is 67.6 Å². The van der Waals surface area contributed by atoms with Crippen LogP contribution in [-0.2, 0) is 17.8 Å². The lowest BCUT2D eigenvalue weighted by atomic mass is 9.86. The van der Waals surface area contributed by atoms with Crippen LogP contribution in [0.25, 0.3) is 0 Å². The Balaban J connectivity index is 1.35. The predicted molar refractivity (Wildman–Crippen MR) is 141 cm³/mol. The number of aliphatic hydroxyl groups excluding tert-OH is 2. The minimum Gasteiger partial charge on any atom is -0.489 e. The van der Waals surface area contributed by atoms with Crippen LogP contribution in [0, 0.1) is 23.7 Å². The number of aryl methyl sites for hydroxylation is 1. The normalized spacial score (nSPS) is 23.8. The minimum atomic E-state index is -0.599. The molecule has 0 spiro atoms. The number of aliphatic hydroxyl groups is 2. The van der Waals surface area contributed by atoms with Gasteiger partial charge in [0.1, 0.15) is 11.9 Å². The summed E-state index contributed by atoms with van der Waals surface area (Å²) in [6.45, 7) is 4.33. The molecule has 1 fully saturated rings. The molecule has 0 saturated heterocycles. The van der Waals surface area contributed by atoms with Crippen LogP contribution in [0.1, 0.15) is 62.1 Å². The van der Waals surface area contributed by atoms with Gasteiger partial charge in [-0.3, -0.25) is 4.79 Å². The van der Waals surface area contributed by atoms with Crippen molar-refractivity contribution in [3.63, 3.8) is 0 Å². The zero-order chi connectivity index (χ0) is 25.5. The Morgan fingerprint density at radius 1 is 1.22 bits per heavy atom. The van der Waals surface area contributed by atoms with Crippen molar-refractivity contribution < 1.29 is 19.7 Å². The van der Waals surface area contributed by atoms with Gasteiger partial charge in [0.05, 0.1) is 12.2 Å². The summed E-state index contributed by atoms with van der Waals surface area (Å²) in [5.74, 6) is 6.86. The molecule has 0 aromatic heterocycles. The second-order valence-corrected chi connectivity index (χ2v) is 10.00. The van der Waals surface area contributed by atoms with Gasteiger partial charge in [0.25, 0.3) is 0 Å². The molecule has 0 unspecified atom stereocenters. The van der Waals surface area contributed by atoms with Gasteiger partial charge in [0.2, 0.25) is 5.91 Å². The first kappa shape index (κ1) is 26.0. The molecular formula is C31H37NO4. The molecule has 2 aliphatic rings. The van der Waals surface area contributed by atoms with Gasteiger partial charge in [0.15, 0.2) is 0 Å². The fourth-order valence-electron chi connectivity index (χ4n) is 5.31. The Morgan fingerprint density at radius 2 is 2.03 bits per heavy atom. The fraction of sp³-hybridized carbons (Fsp3) is 0.452. The van der Waals surface area contributed by atoms with Crippen molar-refractivity contribution in [3.05, 3.63) is 77.4 Å². The molecule has 1 aliphatic heterocycles. The van der Waals surface area contributed by atoms with Gasteiger partial charge in [-0.05, 0) is 36.8 Å². The maximum atomic E-state index is 12.3. The maximum absolute atomic E-state index is 12.3. The number of hydrogen-bond acceptors (Lipinski definition) is 4. The number of carbonyl (C=O) groups is 1. The summed E-state index contributed by atoms with van der Waals surface area (Å²) in [6, 6.07) is 16.1. The highest BCUT2D eigenvalue weighted by atomic mass is 16.5. The van der Waals surface area contributed by atoms with Crippen LogP contribution < -0.4 is 10.1 Å². The number of ether oxygens (including phenoxy) is 1. The molecule has 36 heavy (non-hydrogen) atoms. The van der Waals surface area contributed by atoms with Gasteiger partial charge < -0.3 is 20.3 Å². The van der Waals surface area contributed by atoms with Gasteiger partial charge in [-0.2, -0.15) is 0 Å². The Bertz CT molecular complexity index is 1120. The van der Waals surface area contributed by atoms with Crippen LogP contribution in [0.4, 0.5) is 0 Å². The Morgan fingerprint density at radius 3 is 2.81 bits per heavy atom. The van der Waals surface area contributed by atoms with Crippen molar-refractivity contribution in [2.24, 2.45) is 11.8 Å². The largest absolute Gasteiger partial charge is 0.489 e. The molecule has 5 heteroatoms. The second-order valence-electron chi connectivity index (χ2n) is 10.00. The third kappa shape index (κ3) is 6.19. The zero-order valence-electron chi connectivity index (χ0n) is 21.2. The summed E-state index contributed by atoms with van der Waals surface area (Å²) < 4.78 is 6.36. The van der Waals surface area contributed by atoms with E-state index in [0.29, 0.717) is 25.8 Å². The van der Waals surface area contributed by atoms with E-state index in [-0.39, 0.29) is 29.8 Å². The smallest absolute Gasteiger partial charge is 0.220 e. The first-order chi connectivity index (χ1) is 17.5. The number of para-hydroxylation sites is 1. The highest BCUT2D eigenvalue weighted by molar-refractivity contribution is 5.75. The highest BCUT2D eigenvalue weighted by Crippen LogP contribution is 2.52. The van der Waals surface area contributed by atoms with Crippen LogP contribution in [0.5, 0.6) is 5.75 Å².